The Balaban J connectivity index is 1.32. The topological polar surface area (TPSA) is 42.4 Å². The van der Waals surface area contributed by atoms with Crippen molar-refractivity contribution in [2.75, 3.05) is 4.90 Å². The Morgan fingerprint density at radius 2 is 1.13 bits per heavy atom. The number of hydrogen-bond donors (Lipinski definition) is 0. The number of fused-ring (bicyclic) bond motifs is 6. The summed E-state index contributed by atoms with van der Waals surface area (Å²) in [5, 5.41) is 4.26. The number of anilines is 3. The van der Waals surface area contributed by atoms with Crippen LogP contribution in [0.25, 0.3) is 66.4 Å². The lowest BCUT2D eigenvalue weighted by Gasteiger charge is -2.29. The second-order valence-corrected chi connectivity index (χ2v) is 11.2. The van der Waals surface area contributed by atoms with Gasteiger partial charge >= 0.3 is 0 Å². The standard InChI is InChI=1S/C41H26N2O2/c1-3-12-27(13-4-1)30-16-7-9-19-36(30)43(29-22-25-39-34(26-29)32-17-8-10-21-38(32)44-39)37-20-11-18-33-31(37)23-24-35-40(33)45-41(42-35)28-14-5-2-6-15-28/h1-26H. The first-order valence-electron chi connectivity index (χ1n) is 15.1. The highest BCUT2D eigenvalue weighted by Gasteiger charge is 2.22. The van der Waals surface area contributed by atoms with E-state index in [2.05, 4.69) is 120 Å². The quantitative estimate of drug-likeness (QED) is 0.204. The molecule has 2 aromatic heterocycles. The van der Waals surface area contributed by atoms with Crippen molar-refractivity contribution in [3.8, 4) is 22.6 Å². The summed E-state index contributed by atoms with van der Waals surface area (Å²) in [6.07, 6.45) is 0. The van der Waals surface area contributed by atoms with Crippen molar-refractivity contribution in [3.63, 3.8) is 0 Å². The van der Waals surface area contributed by atoms with Crippen molar-refractivity contribution in [1.29, 1.82) is 0 Å². The molecule has 45 heavy (non-hydrogen) atoms. The minimum absolute atomic E-state index is 0.618. The number of nitrogens with zero attached hydrogens (tertiary/aromatic N) is 2. The van der Waals surface area contributed by atoms with Crippen LogP contribution in [-0.4, -0.2) is 4.98 Å². The molecule has 0 unspecified atom stereocenters. The van der Waals surface area contributed by atoms with E-state index in [1.807, 2.05) is 42.5 Å². The van der Waals surface area contributed by atoms with Gasteiger partial charge in [0.1, 0.15) is 16.7 Å². The van der Waals surface area contributed by atoms with Crippen molar-refractivity contribution in [1.82, 2.24) is 4.98 Å². The number of para-hydroxylation sites is 2. The third kappa shape index (κ3) is 4.19. The zero-order valence-corrected chi connectivity index (χ0v) is 24.2. The van der Waals surface area contributed by atoms with Gasteiger partial charge in [0.25, 0.3) is 0 Å². The lowest BCUT2D eigenvalue weighted by atomic mass is 10.00. The molecule has 0 bridgehead atoms. The Morgan fingerprint density at radius 3 is 2.00 bits per heavy atom. The second kappa shape index (κ2) is 10.2. The van der Waals surface area contributed by atoms with Crippen molar-refractivity contribution in [2.45, 2.75) is 0 Å². The highest BCUT2D eigenvalue weighted by atomic mass is 16.3. The van der Waals surface area contributed by atoms with Gasteiger partial charge in [0.2, 0.25) is 5.89 Å². The summed E-state index contributed by atoms with van der Waals surface area (Å²) >= 11 is 0. The van der Waals surface area contributed by atoms with Crippen molar-refractivity contribution >= 4 is 60.9 Å². The molecule has 9 aromatic rings. The van der Waals surface area contributed by atoms with E-state index in [0.717, 1.165) is 77.6 Å². The predicted molar refractivity (Wildman–Crippen MR) is 184 cm³/mol. The third-order valence-electron chi connectivity index (χ3n) is 8.50. The largest absolute Gasteiger partial charge is 0.456 e. The summed E-state index contributed by atoms with van der Waals surface area (Å²) in [7, 11) is 0. The number of oxazole rings is 1. The van der Waals surface area contributed by atoms with Gasteiger partial charge in [-0.1, -0.05) is 97.1 Å². The zero-order chi connectivity index (χ0) is 29.7. The summed E-state index contributed by atoms with van der Waals surface area (Å²) in [6.45, 7) is 0. The summed E-state index contributed by atoms with van der Waals surface area (Å²) in [5.74, 6) is 0.618. The Bertz CT molecular complexity index is 2490. The van der Waals surface area contributed by atoms with Crippen molar-refractivity contribution in [2.24, 2.45) is 0 Å². The van der Waals surface area contributed by atoms with Gasteiger partial charge in [-0.15, -0.1) is 0 Å². The maximum Gasteiger partial charge on any atom is 0.227 e. The van der Waals surface area contributed by atoms with Crippen LogP contribution in [0.4, 0.5) is 17.1 Å². The minimum Gasteiger partial charge on any atom is -0.456 e. The lowest BCUT2D eigenvalue weighted by Crippen LogP contribution is -2.11. The Labute approximate surface area is 259 Å². The summed E-state index contributed by atoms with van der Waals surface area (Å²) < 4.78 is 12.7. The number of aromatic nitrogens is 1. The van der Waals surface area contributed by atoms with Crippen molar-refractivity contribution in [3.05, 3.63) is 158 Å². The minimum atomic E-state index is 0.618. The fourth-order valence-corrected chi connectivity index (χ4v) is 6.42. The van der Waals surface area contributed by atoms with Gasteiger partial charge in [-0.25, -0.2) is 4.98 Å². The lowest BCUT2D eigenvalue weighted by molar-refractivity contribution is 0.623. The molecule has 0 amide bonds. The molecule has 4 nitrogen and oxygen atoms in total. The van der Waals surface area contributed by atoms with Gasteiger partial charge in [0, 0.05) is 38.4 Å². The van der Waals surface area contributed by atoms with Gasteiger partial charge in [-0.05, 0) is 66.2 Å². The van der Waals surface area contributed by atoms with Crippen molar-refractivity contribution < 1.29 is 8.83 Å². The van der Waals surface area contributed by atoms with E-state index >= 15 is 0 Å². The van der Waals surface area contributed by atoms with Gasteiger partial charge in [0.05, 0.1) is 11.4 Å². The van der Waals surface area contributed by atoms with Crippen LogP contribution in [0.15, 0.2) is 167 Å². The highest BCUT2D eigenvalue weighted by molar-refractivity contribution is 6.12. The van der Waals surface area contributed by atoms with E-state index in [9.17, 15) is 0 Å². The molecule has 0 N–H and O–H groups in total. The Morgan fingerprint density at radius 1 is 0.444 bits per heavy atom. The van der Waals surface area contributed by atoms with Crippen LogP contribution in [-0.2, 0) is 0 Å². The molecule has 0 aliphatic heterocycles. The van der Waals surface area contributed by atoms with Crippen LogP contribution < -0.4 is 4.90 Å². The second-order valence-electron chi connectivity index (χ2n) is 11.2. The molecule has 0 fully saturated rings. The molecular formula is C41H26N2O2. The SMILES string of the molecule is c1ccc(-c2nc3ccc4c(N(c5ccc6oc7ccccc7c6c5)c5ccccc5-c5ccccc5)cccc4c3o2)cc1. The van der Waals surface area contributed by atoms with E-state index in [1.165, 1.54) is 0 Å². The van der Waals surface area contributed by atoms with E-state index in [0.29, 0.717) is 5.89 Å². The number of rotatable bonds is 5. The normalized spacial score (nSPS) is 11.6. The maximum absolute atomic E-state index is 6.46. The molecule has 212 valence electrons. The van der Waals surface area contributed by atoms with E-state index in [-0.39, 0.29) is 0 Å². The first kappa shape index (κ1) is 25.4. The van der Waals surface area contributed by atoms with Crippen LogP contribution in [0, 0.1) is 0 Å². The smallest absolute Gasteiger partial charge is 0.227 e. The molecule has 0 saturated heterocycles. The molecule has 0 aliphatic rings. The summed E-state index contributed by atoms with van der Waals surface area (Å²) in [4.78, 5) is 7.20. The van der Waals surface area contributed by atoms with Gasteiger partial charge in [-0.2, -0.15) is 0 Å². The van der Waals surface area contributed by atoms with E-state index in [1.54, 1.807) is 0 Å². The molecule has 7 aromatic carbocycles. The zero-order valence-electron chi connectivity index (χ0n) is 24.2. The molecule has 9 rings (SSSR count). The van der Waals surface area contributed by atoms with Crippen LogP contribution >= 0.6 is 0 Å². The third-order valence-corrected chi connectivity index (χ3v) is 8.50. The summed E-state index contributed by atoms with van der Waals surface area (Å²) in [6, 6.07) is 54.5. The molecule has 0 spiro atoms. The number of benzene rings is 7. The average molecular weight is 579 g/mol. The van der Waals surface area contributed by atoms with Gasteiger partial charge in [0.15, 0.2) is 5.58 Å². The van der Waals surface area contributed by atoms with E-state index in [4.69, 9.17) is 13.8 Å². The molecular weight excluding hydrogens is 552 g/mol. The van der Waals surface area contributed by atoms with Crippen LogP contribution in [0.1, 0.15) is 0 Å². The first-order chi connectivity index (χ1) is 22.3. The monoisotopic (exact) mass is 578 g/mol. The fourth-order valence-electron chi connectivity index (χ4n) is 6.42. The number of hydrogen-bond acceptors (Lipinski definition) is 4. The molecule has 0 aliphatic carbocycles. The molecule has 0 saturated carbocycles. The van der Waals surface area contributed by atoms with Gasteiger partial charge < -0.3 is 13.7 Å². The van der Waals surface area contributed by atoms with Crippen LogP contribution in [0.3, 0.4) is 0 Å². The fraction of sp³-hybridized carbons (Fsp3) is 0. The first-order valence-corrected chi connectivity index (χ1v) is 15.1. The molecule has 0 radical (unpaired) electrons. The number of furan rings is 1. The average Bonchev–Trinajstić information content (AvgIpc) is 3.72. The molecule has 2 heterocycles. The van der Waals surface area contributed by atoms with Crippen LogP contribution in [0.5, 0.6) is 0 Å². The predicted octanol–water partition coefficient (Wildman–Crippen LogP) is 11.7. The Kier molecular flexibility index (Phi) is 5.78. The van der Waals surface area contributed by atoms with Crippen LogP contribution in [0.2, 0.25) is 0 Å². The highest BCUT2D eigenvalue weighted by Crippen LogP contribution is 2.45. The Hall–Kier alpha value is -6.13. The van der Waals surface area contributed by atoms with Gasteiger partial charge in [-0.3, -0.25) is 0 Å². The summed E-state index contributed by atoms with van der Waals surface area (Å²) in [5.41, 5.74) is 9.76. The molecule has 0 atom stereocenters. The maximum atomic E-state index is 6.46. The van der Waals surface area contributed by atoms with E-state index < -0.39 is 0 Å². The molecule has 4 heteroatoms.